The molecule has 1 aliphatic carbocycles. The number of aryl methyl sites for hydroxylation is 1. The van der Waals surface area contributed by atoms with Crippen LogP contribution in [0.15, 0.2) is 36.5 Å². The van der Waals surface area contributed by atoms with Gasteiger partial charge in [0.2, 0.25) is 0 Å². The molecular weight excluding hydrogens is 300 g/mol. The summed E-state index contributed by atoms with van der Waals surface area (Å²) in [6, 6.07) is 10.1. The standard InChI is InChI=1S/C19H24N4O/c1-13-20-11-9-14(22-13)12-21-18(24)23-17-8-10-19(2,3)16-7-5-4-6-15(16)17/h4-7,9,11,17H,8,10,12H2,1-3H3,(H2,21,23,24)/t17-/m0/s1. The van der Waals surface area contributed by atoms with E-state index in [1.807, 2.05) is 19.1 Å². The first-order chi connectivity index (χ1) is 11.5. The monoisotopic (exact) mass is 324 g/mol. The molecule has 0 unspecified atom stereocenters. The lowest BCUT2D eigenvalue weighted by molar-refractivity contribution is 0.233. The van der Waals surface area contributed by atoms with Crippen LogP contribution in [0.1, 0.15) is 55.4 Å². The molecule has 0 radical (unpaired) electrons. The Labute approximate surface area is 142 Å². The Bertz CT molecular complexity index is 742. The molecule has 1 atom stereocenters. The molecule has 1 aromatic carbocycles. The van der Waals surface area contributed by atoms with E-state index < -0.39 is 0 Å². The van der Waals surface area contributed by atoms with E-state index in [0.29, 0.717) is 12.4 Å². The molecule has 126 valence electrons. The lowest BCUT2D eigenvalue weighted by Gasteiger charge is -2.37. The molecule has 1 aliphatic rings. The number of benzene rings is 1. The van der Waals surface area contributed by atoms with E-state index in [-0.39, 0.29) is 17.5 Å². The average molecular weight is 324 g/mol. The van der Waals surface area contributed by atoms with Gasteiger partial charge >= 0.3 is 6.03 Å². The number of urea groups is 1. The summed E-state index contributed by atoms with van der Waals surface area (Å²) in [6.45, 7) is 6.76. The number of nitrogens with one attached hydrogen (secondary N) is 2. The molecule has 0 spiro atoms. The Morgan fingerprint density at radius 3 is 2.88 bits per heavy atom. The topological polar surface area (TPSA) is 66.9 Å². The second-order valence-electron chi connectivity index (χ2n) is 6.98. The zero-order valence-corrected chi connectivity index (χ0v) is 14.5. The Morgan fingerprint density at radius 2 is 2.08 bits per heavy atom. The van der Waals surface area contributed by atoms with Crippen LogP contribution in [-0.2, 0) is 12.0 Å². The highest BCUT2D eigenvalue weighted by molar-refractivity contribution is 5.74. The average Bonchev–Trinajstić information content (AvgIpc) is 2.56. The Hall–Kier alpha value is -2.43. The summed E-state index contributed by atoms with van der Waals surface area (Å²) < 4.78 is 0. The van der Waals surface area contributed by atoms with Crippen molar-refractivity contribution < 1.29 is 4.79 Å². The molecule has 1 heterocycles. The number of carbonyl (C=O) groups is 1. The van der Waals surface area contributed by atoms with Gasteiger partial charge < -0.3 is 10.6 Å². The Morgan fingerprint density at radius 1 is 1.29 bits per heavy atom. The summed E-state index contributed by atoms with van der Waals surface area (Å²) in [4.78, 5) is 20.6. The third-order valence-electron chi connectivity index (χ3n) is 4.69. The maximum atomic E-state index is 12.3. The zero-order chi connectivity index (χ0) is 17.2. The molecule has 0 fully saturated rings. The number of rotatable bonds is 3. The van der Waals surface area contributed by atoms with Crippen LogP contribution in [0, 0.1) is 6.92 Å². The van der Waals surface area contributed by atoms with Gasteiger partial charge in [0.1, 0.15) is 5.82 Å². The molecule has 0 bridgehead atoms. The normalized spacial score (nSPS) is 18.5. The van der Waals surface area contributed by atoms with Gasteiger partial charge in [0, 0.05) is 6.20 Å². The van der Waals surface area contributed by atoms with Gasteiger partial charge in [-0.3, -0.25) is 0 Å². The predicted octanol–water partition coefficient (Wildman–Crippen LogP) is 3.40. The van der Waals surface area contributed by atoms with Crippen molar-refractivity contribution in [2.24, 2.45) is 0 Å². The van der Waals surface area contributed by atoms with Crippen LogP contribution in [0.5, 0.6) is 0 Å². The van der Waals surface area contributed by atoms with Gasteiger partial charge in [-0.15, -0.1) is 0 Å². The van der Waals surface area contributed by atoms with E-state index in [2.05, 4.69) is 52.6 Å². The van der Waals surface area contributed by atoms with Gasteiger partial charge in [-0.1, -0.05) is 38.1 Å². The maximum absolute atomic E-state index is 12.3. The molecule has 0 saturated heterocycles. The SMILES string of the molecule is Cc1nccc(CNC(=O)N[C@H]2CCC(C)(C)c3ccccc32)n1. The van der Waals surface area contributed by atoms with Crippen molar-refractivity contribution in [3.05, 3.63) is 59.2 Å². The number of nitrogens with zero attached hydrogens (tertiary/aromatic N) is 2. The summed E-state index contributed by atoms with van der Waals surface area (Å²) in [5.41, 5.74) is 3.52. The van der Waals surface area contributed by atoms with Gasteiger partial charge in [-0.25, -0.2) is 14.8 Å². The lowest BCUT2D eigenvalue weighted by atomic mass is 9.71. The van der Waals surface area contributed by atoms with Crippen LogP contribution < -0.4 is 10.6 Å². The molecule has 1 aromatic heterocycles. The molecule has 0 aliphatic heterocycles. The fraction of sp³-hybridized carbons (Fsp3) is 0.421. The van der Waals surface area contributed by atoms with Crippen molar-refractivity contribution in [2.75, 3.05) is 0 Å². The summed E-state index contributed by atoms with van der Waals surface area (Å²) in [5, 5.41) is 5.99. The van der Waals surface area contributed by atoms with Crippen LogP contribution in [-0.4, -0.2) is 16.0 Å². The fourth-order valence-electron chi connectivity index (χ4n) is 3.35. The van der Waals surface area contributed by atoms with E-state index in [1.54, 1.807) is 6.20 Å². The summed E-state index contributed by atoms with van der Waals surface area (Å²) in [7, 11) is 0. The van der Waals surface area contributed by atoms with Crippen LogP contribution >= 0.6 is 0 Å². The highest BCUT2D eigenvalue weighted by Gasteiger charge is 2.32. The minimum Gasteiger partial charge on any atom is -0.332 e. The van der Waals surface area contributed by atoms with Crippen molar-refractivity contribution in [1.29, 1.82) is 0 Å². The Balaban J connectivity index is 1.65. The molecule has 24 heavy (non-hydrogen) atoms. The van der Waals surface area contributed by atoms with Crippen molar-refractivity contribution in [3.63, 3.8) is 0 Å². The molecular formula is C19H24N4O. The number of aromatic nitrogens is 2. The molecule has 0 saturated carbocycles. The molecule has 2 aromatic rings. The largest absolute Gasteiger partial charge is 0.332 e. The smallest absolute Gasteiger partial charge is 0.315 e. The second kappa shape index (κ2) is 6.59. The van der Waals surface area contributed by atoms with Gasteiger partial charge in [-0.2, -0.15) is 0 Å². The maximum Gasteiger partial charge on any atom is 0.315 e. The summed E-state index contributed by atoms with van der Waals surface area (Å²) in [6.07, 6.45) is 3.71. The van der Waals surface area contributed by atoms with Crippen molar-refractivity contribution >= 4 is 6.03 Å². The molecule has 2 N–H and O–H groups in total. The quantitative estimate of drug-likeness (QED) is 0.909. The lowest BCUT2D eigenvalue weighted by Crippen LogP contribution is -2.41. The number of hydrogen-bond donors (Lipinski definition) is 2. The van der Waals surface area contributed by atoms with Crippen LogP contribution in [0.3, 0.4) is 0 Å². The van der Waals surface area contributed by atoms with Crippen LogP contribution in [0.25, 0.3) is 0 Å². The van der Waals surface area contributed by atoms with E-state index >= 15 is 0 Å². The zero-order valence-electron chi connectivity index (χ0n) is 14.5. The van der Waals surface area contributed by atoms with E-state index in [9.17, 15) is 4.79 Å². The van der Waals surface area contributed by atoms with E-state index in [1.165, 1.54) is 11.1 Å². The van der Waals surface area contributed by atoms with Crippen molar-refractivity contribution in [1.82, 2.24) is 20.6 Å². The summed E-state index contributed by atoms with van der Waals surface area (Å²) in [5.74, 6) is 0.707. The van der Waals surface area contributed by atoms with Crippen LogP contribution in [0.2, 0.25) is 0 Å². The third kappa shape index (κ3) is 3.55. The first-order valence-electron chi connectivity index (χ1n) is 8.38. The molecule has 3 rings (SSSR count). The Kier molecular flexibility index (Phi) is 4.51. The van der Waals surface area contributed by atoms with Crippen molar-refractivity contribution in [3.8, 4) is 0 Å². The highest BCUT2D eigenvalue weighted by Crippen LogP contribution is 2.41. The van der Waals surface area contributed by atoms with E-state index in [4.69, 9.17) is 0 Å². The highest BCUT2D eigenvalue weighted by atomic mass is 16.2. The number of amides is 2. The minimum atomic E-state index is -0.161. The van der Waals surface area contributed by atoms with Gasteiger partial charge in [-0.05, 0) is 42.4 Å². The first-order valence-corrected chi connectivity index (χ1v) is 8.38. The predicted molar refractivity (Wildman–Crippen MR) is 93.6 cm³/mol. The van der Waals surface area contributed by atoms with Crippen molar-refractivity contribution in [2.45, 2.75) is 51.6 Å². The van der Waals surface area contributed by atoms with Gasteiger partial charge in [0.05, 0.1) is 18.3 Å². The first kappa shape index (κ1) is 16.4. The fourth-order valence-corrected chi connectivity index (χ4v) is 3.35. The molecule has 5 nitrogen and oxygen atoms in total. The van der Waals surface area contributed by atoms with Gasteiger partial charge in [0.15, 0.2) is 0 Å². The summed E-state index contributed by atoms with van der Waals surface area (Å²) >= 11 is 0. The van der Waals surface area contributed by atoms with E-state index in [0.717, 1.165) is 18.5 Å². The number of hydrogen-bond acceptors (Lipinski definition) is 3. The minimum absolute atomic E-state index is 0.0568. The van der Waals surface area contributed by atoms with Crippen LogP contribution in [0.4, 0.5) is 4.79 Å². The molecule has 2 amide bonds. The number of carbonyl (C=O) groups excluding carboxylic acids is 1. The molecule has 5 heteroatoms. The van der Waals surface area contributed by atoms with Gasteiger partial charge in [0.25, 0.3) is 0 Å². The second-order valence-corrected chi connectivity index (χ2v) is 6.98. The third-order valence-corrected chi connectivity index (χ3v) is 4.69. The number of fused-ring (bicyclic) bond motifs is 1.